The third-order valence-corrected chi connectivity index (χ3v) is 4.08. The van der Waals surface area contributed by atoms with Gasteiger partial charge in [0.15, 0.2) is 0 Å². The number of amides is 1. The molecule has 2 N–H and O–H groups in total. The Hall–Kier alpha value is -0.650. The molecule has 0 atom stereocenters. The molecule has 1 heterocycles. The van der Waals surface area contributed by atoms with Gasteiger partial charge in [0, 0.05) is 32.8 Å². The predicted octanol–water partition coefficient (Wildman–Crippen LogP) is 0.437. The van der Waals surface area contributed by atoms with Gasteiger partial charge in [-0.25, -0.2) is 0 Å². The molecule has 0 bridgehead atoms. The molecule has 5 heteroatoms. The topological polar surface area (TPSA) is 58.8 Å². The number of nitrogens with zero attached hydrogens (tertiary/aromatic N) is 2. The van der Waals surface area contributed by atoms with Gasteiger partial charge in [0.2, 0.25) is 5.91 Å². The molecule has 0 aromatic rings. The first-order chi connectivity index (χ1) is 9.20. The first-order valence-electron chi connectivity index (χ1n) is 7.50. The molecule has 110 valence electrons. The molecule has 1 aliphatic carbocycles. The van der Waals surface area contributed by atoms with Crippen molar-refractivity contribution in [1.82, 2.24) is 9.80 Å². The Labute approximate surface area is 116 Å². The van der Waals surface area contributed by atoms with E-state index >= 15 is 0 Å². The van der Waals surface area contributed by atoms with Gasteiger partial charge < -0.3 is 15.4 Å². The second-order valence-corrected chi connectivity index (χ2v) is 5.72. The standard InChI is InChI=1S/C14H27N3O2/c1-16(12-3-4-12)14(18)11-17-8-5-13(6-9-17)19-10-2-7-15/h12-13H,2-11,15H2,1H3. The number of nitrogens with two attached hydrogens (primary N) is 1. The highest BCUT2D eigenvalue weighted by Crippen LogP contribution is 2.25. The average Bonchev–Trinajstić information content (AvgIpc) is 3.24. The first-order valence-corrected chi connectivity index (χ1v) is 7.50. The summed E-state index contributed by atoms with van der Waals surface area (Å²) >= 11 is 0. The quantitative estimate of drug-likeness (QED) is 0.681. The Kier molecular flexibility index (Phi) is 5.60. The van der Waals surface area contributed by atoms with Gasteiger partial charge in [-0.2, -0.15) is 0 Å². The Morgan fingerprint density at radius 3 is 2.58 bits per heavy atom. The third kappa shape index (κ3) is 4.75. The minimum Gasteiger partial charge on any atom is -0.378 e. The van der Waals surface area contributed by atoms with Crippen LogP contribution in [-0.2, 0) is 9.53 Å². The number of carbonyl (C=O) groups is 1. The van der Waals surface area contributed by atoms with Crippen LogP contribution in [0.15, 0.2) is 0 Å². The van der Waals surface area contributed by atoms with Crippen molar-refractivity contribution >= 4 is 5.91 Å². The van der Waals surface area contributed by atoms with E-state index in [9.17, 15) is 4.79 Å². The van der Waals surface area contributed by atoms with Crippen LogP contribution in [0, 0.1) is 0 Å². The summed E-state index contributed by atoms with van der Waals surface area (Å²) < 4.78 is 5.77. The van der Waals surface area contributed by atoms with Crippen LogP contribution >= 0.6 is 0 Å². The monoisotopic (exact) mass is 269 g/mol. The molecule has 5 nitrogen and oxygen atoms in total. The summed E-state index contributed by atoms with van der Waals surface area (Å²) in [5.41, 5.74) is 5.45. The molecule has 2 aliphatic rings. The van der Waals surface area contributed by atoms with Gasteiger partial charge in [-0.15, -0.1) is 0 Å². The summed E-state index contributed by atoms with van der Waals surface area (Å²) in [7, 11) is 1.93. The minimum absolute atomic E-state index is 0.269. The largest absolute Gasteiger partial charge is 0.378 e. The maximum atomic E-state index is 12.0. The van der Waals surface area contributed by atoms with Crippen molar-refractivity contribution in [2.75, 3.05) is 39.8 Å². The molecule has 2 fully saturated rings. The lowest BCUT2D eigenvalue weighted by Crippen LogP contribution is -2.44. The van der Waals surface area contributed by atoms with Crippen LogP contribution in [-0.4, -0.2) is 67.7 Å². The summed E-state index contributed by atoms with van der Waals surface area (Å²) in [4.78, 5) is 16.2. The molecule has 1 saturated heterocycles. The summed E-state index contributed by atoms with van der Waals surface area (Å²) in [6.45, 7) is 3.98. The predicted molar refractivity (Wildman–Crippen MR) is 74.9 cm³/mol. The van der Waals surface area contributed by atoms with E-state index < -0.39 is 0 Å². The fourth-order valence-corrected chi connectivity index (χ4v) is 2.54. The summed E-state index contributed by atoms with van der Waals surface area (Å²) in [6, 6.07) is 0.518. The third-order valence-electron chi connectivity index (χ3n) is 4.08. The average molecular weight is 269 g/mol. The molecule has 0 aromatic carbocycles. The Bertz CT molecular complexity index is 286. The fraction of sp³-hybridized carbons (Fsp3) is 0.929. The normalized spacial score (nSPS) is 21.6. The Balaban J connectivity index is 1.61. The SMILES string of the molecule is CN(C(=O)CN1CCC(OCCCN)CC1)C1CC1. The number of piperidine rings is 1. The molecule has 1 amide bonds. The van der Waals surface area contributed by atoms with E-state index in [1.165, 1.54) is 12.8 Å². The summed E-state index contributed by atoms with van der Waals surface area (Å²) in [6.07, 6.45) is 5.72. The lowest BCUT2D eigenvalue weighted by molar-refractivity contribution is -0.132. The van der Waals surface area contributed by atoms with Crippen molar-refractivity contribution in [3.8, 4) is 0 Å². The van der Waals surface area contributed by atoms with Crippen molar-refractivity contribution in [2.24, 2.45) is 5.73 Å². The lowest BCUT2D eigenvalue weighted by Gasteiger charge is -2.32. The molecular formula is C14H27N3O2. The number of ether oxygens (including phenoxy) is 1. The zero-order valence-electron chi connectivity index (χ0n) is 12.0. The number of carbonyl (C=O) groups excluding carboxylic acids is 1. The number of likely N-dealkylation sites (N-methyl/N-ethyl adjacent to an activating group) is 1. The van der Waals surface area contributed by atoms with Crippen LogP contribution in [0.25, 0.3) is 0 Å². The highest BCUT2D eigenvalue weighted by molar-refractivity contribution is 5.78. The smallest absolute Gasteiger partial charge is 0.236 e. The van der Waals surface area contributed by atoms with E-state index in [4.69, 9.17) is 10.5 Å². The van der Waals surface area contributed by atoms with Gasteiger partial charge >= 0.3 is 0 Å². The zero-order valence-corrected chi connectivity index (χ0v) is 12.0. The molecule has 0 unspecified atom stereocenters. The maximum Gasteiger partial charge on any atom is 0.236 e. The van der Waals surface area contributed by atoms with E-state index in [1.54, 1.807) is 0 Å². The number of likely N-dealkylation sites (tertiary alicyclic amines) is 1. The van der Waals surface area contributed by atoms with Crippen molar-refractivity contribution in [3.05, 3.63) is 0 Å². The highest BCUT2D eigenvalue weighted by Gasteiger charge is 2.30. The second kappa shape index (κ2) is 7.22. The van der Waals surface area contributed by atoms with Gasteiger partial charge in [0.05, 0.1) is 12.6 Å². The van der Waals surface area contributed by atoms with E-state index in [0.717, 1.165) is 39.0 Å². The molecular weight excluding hydrogens is 242 g/mol. The molecule has 0 aromatic heterocycles. The summed E-state index contributed by atoms with van der Waals surface area (Å²) in [5, 5.41) is 0. The molecule has 1 aliphatic heterocycles. The minimum atomic E-state index is 0.269. The second-order valence-electron chi connectivity index (χ2n) is 5.72. The Morgan fingerprint density at radius 1 is 1.32 bits per heavy atom. The number of hydrogen-bond donors (Lipinski definition) is 1. The molecule has 0 spiro atoms. The molecule has 19 heavy (non-hydrogen) atoms. The van der Waals surface area contributed by atoms with Gasteiger partial charge in [0.25, 0.3) is 0 Å². The van der Waals surface area contributed by atoms with Gasteiger partial charge in [-0.05, 0) is 38.6 Å². The lowest BCUT2D eigenvalue weighted by atomic mass is 10.1. The van der Waals surface area contributed by atoms with Gasteiger partial charge in [-0.1, -0.05) is 0 Å². The van der Waals surface area contributed by atoms with Crippen molar-refractivity contribution in [2.45, 2.75) is 44.2 Å². The van der Waals surface area contributed by atoms with E-state index in [0.29, 0.717) is 25.2 Å². The Morgan fingerprint density at radius 2 is 2.00 bits per heavy atom. The van der Waals surface area contributed by atoms with Gasteiger partial charge in [-0.3, -0.25) is 9.69 Å². The van der Waals surface area contributed by atoms with Crippen LogP contribution in [0.5, 0.6) is 0 Å². The first kappa shape index (κ1) is 14.8. The van der Waals surface area contributed by atoms with Crippen molar-refractivity contribution in [1.29, 1.82) is 0 Å². The maximum absolute atomic E-state index is 12.0. The van der Waals surface area contributed by atoms with E-state index in [1.807, 2.05) is 11.9 Å². The number of rotatable bonds is 7. The molecule has 0 radical (unpaired) electrons. The van der Waals surface area contributed by atoms with E-state index in [-0.39, 0.29) is 5.91 Å². The number of hydrogen-bond acceptors (Lipinski definition) is 4. The van der Waals surface area contributed by atoms with Crippen LogP contribution in [0.1, 0.15) is 32.1 Å². The van der Waals surface area contributed by atoms with E-state index in [2.05, 4.69) is 4.90 Å². The molecule has 2 rings (SSSR count). The van der Waals surface area contributed by atoms with Crippen LogP contribution in [0.2, 0.25) is 0 Å². The molecule has 1 saturated carbocycles. The summed E-state index contributed by atoms with van der Waals surface area (Å²) in [5.74, 6) is 0.269. The fourth-order valence-electron chi connectivity index (χ4n) is 2.54. The zero-order chi connectivity index (χ0) is 13.7. The highest BCUT2D eigenvalue weighted by atomic mass is 16.5. The van der Waals surface area contributed by atoms with Crippen molar-refractivity contribution < 1.29 is 9.53 Å². The van der Waals surface area contributed by atoms with Crippen LogP contribution in [0.4, 0.5) is 0 Å². The van der Waals surface area contributed by atoms with Crippen LogP contribution < -0.4 is 5.73 Å². The van der Waals surface area contributed by atoms with Gasteiger partial charge in [0.1, 0.15) is 0 Å². The van der Waals surface area contributed by atoms with Crippen LogP contribution in [0.3, 0.4) is 0 Å². The van der Waals surface area contributed by atoms with Crippen molar-refractivity contribution in [3.63, 3.8) is 0 Å².